The third kappa shape index (κ3) is 4.84. The number of hydrogen-bond acceptors (Lipinski definition) is 3. The van der Waals surface area contributed by atoms with Gasteiger partial charge in [-0.3, -0.25) is 4.79 Å². The first-order valence-corrected chi connectivity index (χ1v) is 6.26. The smallest absolute Gasteiger partial charge is 0.328 e. The van der Waals surface area contributed by atoms with Crippen LogP contribution in [0.25, 0.3) is 6.08 Å². The van der Waals surface area contributed by atoms with Crippen molar-refractivity contribution in [3.8, 4) is 0 Å². The molecule has 1 rings (SSSR count). The molecule has 1 amide bonds. The van der Waals surface area contributed by atoms with Gasteiger partial charge < -0.3 is 10.1 Å². The van der Waals surface area contributed by atoms with Crippen molar-refractivity contribution >= 4 is 18.0 Å². The predicted molar refractivity (Wildman–Crippen MR) is 74.2 cm³/mol. The zero-order chi connectivity index (χ0) is 15.1. The number of carbonyl (C=O) groups excluding carboxylic acids is 2. The van der Waals surface area contributed by atoms with E-state index in [0.29, 0.717) is 5.56 Å². The van der Waals surface area contributed by atoms with Gasteiger partial charge in [-0.05, 0) is 29.7 Å². The molecule has 0 aromatic heterocycles. The lowest BCUT2D eigenvalue weighted by Crippen LogP contribution is -2.44. The van der Waals surface area contributed by atoms with Crippen molar-refractivity contribution in [3.63, 3.8) is 0 Å². The fraction of sp³-hybridized carbons (Fsp3) is 0.333. The van der Waals surface area contributed by atoms with Crippen molar-refractivity contribution in [1.29, 1.82) is 0 Å². The van der Waals surface area contributed by atoms with Crippen molar-refractivity contribution in [3.05, 3.63) is 41.7 Å². The number of methoxy groups -OCH3 is 1. The molecule has 0 unspecified atom stereocenters. The summed E-state index contributed by atoms with van der Waals surface area (Å²) >= 11 is 0. The Morgan fingerprint density at radius 1 is 1.25 bits per heavy atom. The van der Waals surface area contributed by atoms with Gasteiger partial charge in [-0.2, -0.15) is 0 Å². The Hall–Kier alpha value is -2.17. The molecule has 0 aliphatic heterocycles. The molecule has 0 saturated carbocycles. The lowest BCUT2D eigenvalue weighted by molar-refractivity contribution is -0.145. The van der Waals surface area contributed by atoms with Crippen molar-refractivity contribution in [1.82, 2.24) is 5.32 Å². The molecule has 4 nitrogen and oxygen atoms in total. The number of rotatable bonds is 5. The van der Waals surface area contributed by atoms with Crippen LogP contribution in [0.2, 0.25) is 0 Å². The molecule has 0 heterocycles. The summed E-state index contributed by atoms with van der Waals surface area (Å²) in [4.78, 5) is 23.2. The highest BCUT2D eigenvalue weighted by Gasteiger charge is 2.23. The summed E-state index contributed by atoms with van der Waals surface area (Å²) in [5.41, 5.74) is 0.695. The second kappa shape index (κ2) is 7.43. The maximum absolute atomic E-state index is 12.7. The SMILES string of the molecule is COC(=O)[C@@H](NC(=O)/C=C/c1ccc(F)cc1)C(C)C. The minimum Gasteiger partial charge on any atom is -0.467 e. The molecule has 20 heavy (non-hydrogen) atoms. The van der Waals surface area contributed by atoms with E-state index in [-0.39, 0.29) is 11.7 Å². The molecule has 0 saturated heterocycles. The van der Waals surface area contributed by atoms with Gasteiger partial charge >= 0.3 is 5.97 Å². The van der Waals surface area contributed by atoms with Crippen molar-refractivity contribution in [2.75, 3.05) is 7.11 Å². The fourth-order valence-electron chi connectivity index (χ4n) is 1.57. The van der Waals surface area contributed by atoms with Gasteiger partial charge in [0, 0.05) is 6.08 Å². The van der Waals surface area contributed by atoms with Crippen LogP contribution in [0, 0.1) is 11.7 Å². The van der Waals surface area contributed by atoms with Crippen LogP contribution in [0.4, 0.5) is 4.39 Å². The molecule has 0 bridgehead atoms. The van der Waals surface area contributed by atoms with E-state index in [1.54, 1.807) is 18.2 Å². The van der Waals surface area contributed by atoms with Gasteiger partial charge in [0.1, 0.15) is 11.9 Å². The van der Waals surface area contributed by atoms with E-state index in [1.807, 2.05) is 13.8 Å². The van der Waals surface area contributed by atoms with Crippen molar-refractivity contribution < 1.29 is 18.7 Å². The monoisotopic (exact) mass is 279 g/mol. The standard InChI is InChI=1S/C15H18FNO3/c1-10(2)14(15(19)20-3)17-13(18)9-6-11-4-7-12(16)8-5-11/h4-10,14H,1-3H3,(H,17,18)/b9-6+/t14-/m0/s1. The van der Waals surface area contributed by atoms with Crippen LogP contribution >= 0.6 is 0 Å². The Balaban J connectivity index is 2.66. The number of carbonyl (C=O) groups is 2. The Bertz CT molecular complexity index is 494. The van der Waals surface area contributed by atoms with Crippen LogP contribution in [0.1, 0.15) is 19.4 Å². The lowest BCUT2D eigenvalue weighted by Gasteiger charge is -2.18. The second-order valence-electron chi connectivity index (χ2n) is 4.64. The highest BCUT2D eigenvalue weighted by molar-refractivity contribution is 5.94. The number of ether oxygens (including phenoxy) is 1. The Labute approximate surface area is 117 Å². The van der Waals surface area contributed by atoms with Gasteiger partial charge in [-0.15, -0.1) is 0 Å². The molecule has 5 heteroatoms. The summed E-state index contributed by atoms with van der Waals surface area (Å²) in [6.45, 7) is 3.62. The van der Waals surface area contributed by atoms with E-state index in [0.717, 1.165) is 0 Å². The van der Waals surface area contributed by atoms with Gasteiger partial charge in [0.15, 0.2) is 0 Å². The molecule has 0 fully saturated rings. The summed E-state index contributed by atoms with van der Waals surface area (Å²) in [7, 11) is 1.28. The van der Waals surface area contributed by atoms with Crippen LogP contribution in [0.5, 0.6) is 0 Å². The van der Waals surface area contributed by atoms with E-state index in [1.165, 1.54) is 25.3 Å². The minimum atomic E-state index is -0.689. The third-order valence-electron chi connectivity index (χ3n) is 2.72. The summed E-state index contributed by atoms with van der Waals surface area (Å²) in [6.07, 6.45) is 2.84. The molecule has 0 aliphatic carbocycles. The largest absolute Gasteiger partial charge is 0.467 e. The van der Waals surface area contributed by atoms with Crippen molar-refractivity contribution in [2.24, 2.45) is 5.92 Å². The van der Waals surface area contributed by atoms with E-state index in [2.05, 4.69) is 10.1 Å². The average Bonchev–Trinajstić information content (AvgIpc) is 2.43. The van der Waals surface area contributed by atoms with Crippen LogP contribution in [0.15, 0.2) is 30.3 Å². The molecule has 0 spiro atoms. The molecule has 0 radical (unpaired) electrons. The van der Waals surface area contributed by atoms with Gasteiger partial charge in [0.2, 0.25) is 5.91 Å². The van der Waals surface area contributed by atoms with Crippen molar-refractivity contribution in [2.45, 2.75) is 19.9 Å². The zero-order valence-corrected chi connectivity index (χ0v) is 11.7. The first-order chi connectivity index (χ1) is 9.43. The Kier molecular flexibility index (Phi) is 5.90. The first kappa shape index (κ1) is 15.9. The molecule has 1 aromatic carbocycles. The number of hydrogen-bond donors (Lipinski definition) is 1. The Morgan fingerprint density at radius 2 is 1.85 bits per heavy atom. The molecule has 1 N–H and O–H groups in total. The number of esters is 1. The van der Waals surface area contributed by atoms with Crippen LogP contribution < -0.4 is 5.32 Å². The molecular weight excluding hydrogens is 261 g/mol. The van der Waals surface area contributed by atoms with Crippen LogP contribution in [-0.4, -0.2) is 25.0 Å². The van der Waals surface area contributed by atoms with E-state index in [9.17, 15) is 14.0 Å². The zero-order valence-electron chi connectivity index (χ0n) is 11.7. The summed E-state index contributed by atoms with van der Waals surface area (Å²) < 4.78 is 17.4. The molecule has 108 valence electrons. The summed E-state index contributed by atoms with van der Waals surface area (Å²) in [6, 6.07) is 5.04. The average molecular weight is 279 g/mol. The predicted octanol–water partition coefficient (Wildman–Crippen LogP) is 2.15. The number of halogens is 1. The van der Waals surface area contributed by atoms with Gasteiger partial charge in [-0.25, -0.2) is 9.18 Å². The maximum atomic E-state index is 12.7. The van der Waals surface area contributed by atoms with Gasteiger partial charge in [-0.1, -0.05) is 26.0 Å². The summed E-state index contributed by atoms with van der Waals surface area (Å²) in [5.74, 6) is -1.30. The van der Waals surface area contributed by atoms with Crippen LogP contribution in [-0.2, 0) is 14.3 Å². The quantitative estimate of drug-likeness (QED) is 0.663. The molecular formula is C15H18FNO3. The fourth-order valence-corrected chi connectivity index (χ4v) is 1.57. The van der Waals surface area contributed by atoms with E-state index >= 15 is 0 Å². The van der Waals surface area contributed by atoms with Gasteiger partial charge in [0.05, 0.1) is 7.11 Å². The molecule has 0 aliphatic rings. The number of amides is 1. The van der Waals surface area contributed by atoms with Crippen LogP contribution in [0.3, 0.4) is 0 Å². The van der Waals surface area contributed by atoms with Gasteiger partial charge in [0.25, 0.3) is 0 Å². The second-order valence-corrected chi connectivity index (χ2v) is 4.64. The molecule has 1 atom stereocenters. The highest BCUT2D eigenvalue weighted by atomic mass is 19.1. The van der Waals surface area contributed by atoms with E-state index < -0.39 is 17.9 Å². The first-order valence-electron chi connectivity index (χ1n) is 6.26. The maximum Gasteiger partial charge on any atom is 0.328 e. The Morgan fingerprint density at radius 3 is 2.35 bits per heavy atom. The normalized spacial score (nSPS) is 12.4. The highest BCUT2D eigenvalue weighted by Crippen LogP contribution is 2.06. The summed E-state index contributed by atoms with van der Waals surface area (Å²) in [5, 5.41) is 2.57. The minimum absolute atomic E-state index is 0.0781. The molecule has 1 aromatic rings. The number of nitrogens with one attached hydrogen (secondary N) is 1. The topological polar surface area (TPSA) is 55.4 Å². The number of benzene rings is 1. The third-order valence-corrected chi connectivity index (χ3v) is 2.72. The van der Waals surface area contributed by atoms with E-state index in [4.69, 9.17) is 0 Å². The lowest BCUT2D eigenvalue weighted by atomic mass is 10.0.